The topological polar surface area (TPSA) is 152 Å². The van der Waals surface area contributed by atoms with E-state index in [0.29, 0.717) is 11.5 Å². The van der Waals surface area contributed by atoms with E-state index in [0.717, 1.165) is 17.1 Å². The number of amides is 1. The van der Waals surface area contributed by atoms with E-state index in [2.05, 4.69) is 10.4 Å². The van der Waals surface area contributed by atoms with Gasteiger partial charge in [-0.3, -0.25) is 29.7 Å². The molecule has 0 saturated heterocycles. The predicted molar refractivity (Wildman–Crippen MR) is 108 cm³/mol. The van der Waals surface area contributed by atoms with Gasteiger partial charge in [0.15, 0.2) is 0 Å². The summed E-state index contributed by atoms with van der Waals surface area (Å²) >= 11 is 0. The monoisotopic (exact) mass is 427 g/mol. The fourth-order valence-electron chi connectivity index (χ4n) is 2.60. The first-order valence-electron chi connectivity index (χ1n) is 8.87. The van der Waals surface area contributed by atoms with Gasteiger partial charge in [0.2, 0.25) is 5.91 Å². The van der Waals surface area contributed by atoms with Gasteiger partial charge in [-0.2, -0.15) is 5.10 Å². The molecule has 12 nitrogen and oxygen atoms in total. The number of rotatable bonds is 8. The average molecular weight is 427 g/mol. The van der Waals surface area contributed by atoms with Crippen molar-refractivity contribution in [2.45, 2.75) is 13.0 Å². The summed E-state index contributed by atoms with van der Waals surface area (Å²) in [6, 6.07) is 9.51. The van der Waals surface area contributed by atoms with Gasteiger partial charge in [-0.25, -0.2) is 0 Å². The SMILES string of the molecule is COc1ccc(Oc2cc(NC(=O)C(C)n3cc([N+](=O)[O-])cn3)cc([N+](=O)[O-])c2)cc1. The summed E-state index contributed by atoms with van der Waals surface area (Å²) in [4.78, 5) is 33.4. The van der Waals surface area contributed by atoms with Crippen molar-refractivity contribution in [3.8, 4) is 17.2 Å². The Morgan fingerprint density at radius 1 is 1.03 bits per heavy atom. The molecule has 0 aliphatic carbocycles. The number of hydrogen-bond acceptors (Lipinski definition) is 8. The van der Waals surface area contributed by atoms with Crippen molar-refractivity contribution in [2.24, 2.45) is 0 Å². The third-order valence-electron chi connectivity index (χ3n) is 4.24. The molecular weight excluding hydrogens is 410 g/mol. The Bertz CT molecular complexity index is 1130. The Morgan fingerprint density at radius 2 is 1.68 bits per heavy atom. The number of nitro benzene ring substituents is 1. The van der Waals surface area contributed by atoms with Crippen LogP contribution >= 0.6 is 0 Å². The molecule has 0 spiro atoms. The van der Waals surface area contributed by atoms with Crippen LogP contribution in [0.5, 0.6) is 17.2 Å². The number of ether oxygens (including phenoxy) is 2. The smallest absolute Gasteiger partial charge is 0.307 e. The van der Waals surface area contributed by atoms with Gasteiger partial charge in [0, 0.05) is 12.1 Å². The molecule has 0 aliphatic heterocycles. The van der Waals surface area contributed by atoms with E-state index in [9.17, 15) is 25.0 Å². The summed E-state index contributed by atoms with van der Waals surface area (Å²) in [6.07, 6.45) is 2.15. The first-order chi connectivity index (χ1) is 14.8. The van der Waals surface area contributed by atoms with Crippen molar-refractivity contribution in [3.05, 3.63) is 75.1 Å². The van der Waals surface area contributed by atoms with Gasteiger partial charge in [0.05, 0.1) is 28.7 Å². The van der Waals surface area contributed by atoms with Gasteiger partial charge in [0.25, 0.3) is 5.69 Å². The van der Waals surface area contributed by atoms with Crippen LogP contribution in [0.4, 0.5) is 17.1 Å². The van der Waals surface area contributed by atoms with E-state index in [1.165, 1.54) is 32.2 Å². The second-order valence-electron chi connectivity index (χ2n) is 6.35. The van der Waals surface area contributed by atoms with E-state index in [1.807, 2.05) is 0 Å². The van der Waals surface area contributed by atoms with Crippen LogP contribution in [0.25, 0.3) is 0 Å². The molecule has 1 amide bonds. The van der Waals surface area contributed by atoms with Crippen molar-refractivity contribution >= 4 is 23.0 Å². The number of nitrogens with zero attached hydrogens (tertiary/aromatic N) is 4. The lowest BCUT2D eigenvalue weighted by molar-refractivity contribution is -0.385. The molecule has 2 aromatic carbocycles. The highest BCUT2D eigenvalue weighted by molar-refractivity contribution is 5.94. The molecule has 1 N–H and O–H groups in total. The lowest BCUT2D eigenvalue weighted by atomic mass is 10.2. The van der Waals surface area contributed by atoms with Gasteiger partial charge in [-0.1, -0.05) is 0 Å². The zero-order valence-electron chi connectivity index (χ0n) is 16.4. The minimum absolute atomic E-state index is 0.121. The third kappa shape index (κ3) is 5.12. The number of nitro groups is 2. The molecule has 1 atom stereocenters. The van der Waals surface area contributed by atoms with Crippen LogP contribution in [-0.2, 0) is 4.79 Å². The van der Waals surface area contributed by atoms with Crippen molar-refractivity contribution < 1.29 is 24.1 Å². The highest BCUT2D eigenvalue weighted by Crippen LogP contribution is 2.31. The molecule has 12 heteroatoms. The lowest BCUT2D eigenvalue weighted by Gasteiger charge is -2.13. The van der Waals surface area contributed by atoms with E-state index in [4.69, 9.17) is 9.47 Å². The van der Waals surface area contributed by atoms with E-state index in [1.54, 1.807) is 24.3 Å². The molecular formula is C19H17N5O7. The summed E-state index contributed by atoms with van der Waals surface area (Å²) in [6.45, 7) is 1.48. The average Bonchev–Trinajstić information content (AvgIpc) is 3.24. The maximum absolute atomic E-state index is 12.5. The Morgan fingerprint density at radius 3 is 2.26 bits per heavy atom. The molecule has 0 saturated carbocycles. The number of anilines is 1. The Labute approximate surface area is 175 Å². The number of benzene rings is 2. The van der Waals surface area contributed by atoms with Crippen LogP contribution in [0.1, 0.15) is 13.0 Å². The molecule has 160 valence electrons. The molecule has 0 fully saturated rings. The molecule has 0 radical (unpaired) electrons. The summed E-state index contributed by atoms with van der Waals surface area (Å²) in [7, 11) is 1.52. The lowest BCUT2D eigenvalue weighted by Crippen LogP contribution is -2.24. The van der Waals surface area contributed by atoms with Gasteiger partial charge in [0.1, 0.15) is 35.7 Å². The van der Waals surface area contributed by atoms with Crippen molar-refractivity contribution in [3.63, 3.8) is 0 Å². The molecule has 1 aromatic heterocycles. The maximum atomic E-state index is 12.5. The second kappa shape index (κ2) is 8.90. The minimum atomic E-state index is -0.904. The number of carbonyl (C=O) groups is 1. The number of nitrogens with one attached hydrogen (secondary N) is 1. The number of non-ortho nitro benzene ring substituents is 1. The quantitative estimate of drug-likeness (QED) is 0.422. The molecule has 1 unspecified atom stereocenters. The molecule has 0 aliphatic rings. The largest absolute Gasteiger partial charge is 0.497 e. The van der Waals surface area contributed by atoms with Crippen molar-refractivity contribution in [1.29, 1.82) is 0 Å². The van der Waals surface area contributed by atoms with Crippen LogP contribution in [0.3, 0.4) is 0 Å². The zero-order chi connectivity index (χ0) is 22.5. The molecule has 3 rings (SSSR count). The van der Waals surface area contributed by atoms with Crippen molar-refractivity contribution in [2.75, 3.05) is 12.4 Å². The van der Waals surface area contributed by atoms with Crippen LogP contribution < -0.4 is 14.8 Å². The summed E-state index contributed by atoms with van der Waals surface area (Å²) < 4.78 is 11.9. The van der Waals surface area contributed by atoms with Gasteiger partial charge in [-0.05, 0) is 31.2 Å². The minimum Gasteiger partial charge on any atom is -0.497 e. The van der Waals surface area contributed by atoms with Gasteiger partial charge < -0.3 is 14.8 Å². The Hall–Kier alpha value is -4.48. The van der Waals surface area contributed by atoms with Crippen LogP contribution in [0.15, 0.2) is 54.9 Å². The standard InChI is InChI=1S/C19H17N5O7/c1-12(22-11-15(10-20-22)24(28)29)19(25)21-13-7-14(23(26)27)9-18(8-13)31-17-5-3-16(30-2)4-6-17/h3-12H,1-2H3,(H,21,25). The van der Waals surface area contributed by atoms with Crippen molar-refractivity contribution in [1.82, 2.24) is 9.78 Å². The Kier molecular flexibility index (Phi) is 6.10. The molecule has 3 aromatic rings. The van der Waals surface area contributed by atoms with E-state index in [-0.39, 0.29) is 22.8 Å². The third-order valence-corrected chi connectivity index (χ3v) is 4.24. The molecule has 1 heterocycles. The summed E-state index contributed by atoms with van der Waals surface area (Å²) in [5.74, 6) is 0.592. The highest BCUT2D eigenvalue weighted by atomic mass is 16.6. The first kappa shape index (κ1) is 21.2. The second-order valence-corrected chi connectivity index (χ2v) is 6.35. The summed E-state index contributed by atoms with van der Waals surface area (Å²) in [5.41, 5.74) is -0.426. The van der Waals surface area contributed by atoms with E-state index < -0.39 is 21.8 Å². The number of carbonyl (C=O) groups excluding carboxylic acids is 1. The Balaban J connectivity index is 1.81. The molecule has 0 bridgehead atoms. The zero-order valence-corrected chi connectivity index (χ0v) is 16.4. The molecule has 31 heavy (non-hydrogen) atoms. The van der Waals surface area contributed by atoms with Crippen LogP contribution in [0.2, 0.25) is 0 Å². The number of hydrogen-bond donors (Lipinski definition) is 1. The first-order valence-corrected chi connectivity index (χ1v) is 8.87. The fourth-order valence-corrected chi connectivity index (χ4v) is 2.60. The van der Waals surface area contributed by atoms with Gasteiger partial charge in [-0.15, -0.1) is 0 Å². The highest BCUT2D eigenvalue weighted by Gasteiger charge is 2.20. The van der Waals surface area contributed by atoms with Crippen LogP contribution in [0, 0.1) is 20.2 Å². The maximum Gasteiger partial charge on any atom is 0.307 e. The van der Waals surface area contributed by atoms with E-state index >= 15 is 0 Å². The number of aromatic nitrogens is 2. The summed E-state index contributed by atoms with van der Waals surface area (Å²) in [5, 5.41) is 28.4. The predicted octanol–water partition coefficient (Wildman–Crippen LogP) is 3.70. The number of methoxy groups -OCH3 is 1. The normalized spacial score (nSPS) is 11.4. The fraction of sp³-hybridized carbons (Fsp3) is 0.158. The van der Waals surface area contributed by atoms with Gasteiger partial charge >= 0.3 is 5.69 Å². The van der Waals surface area contributed by atoms with Crippen LogP contribution in [-0.4, -0.2) is 32.6 Å².